The predicted octanol–water partition coefficient (Wildman–Crippen LogP) is 4.65. The number of anilines is 2. The number of amides is 2. The van der Waals surface area contributed by atoms with Crippen molar-refractivity contribution >= 4 is 34.6 Å². The van der Waals surface area contributed by atoms with Crippen LogP contribution in [-0.4, -0.2) is 41.4 Å². The van der Waals surface area contributed by atoms with Gasteiger partial charge in [0, 0.05) is 24.4 Å². The molecule has 0 atom stereocenters. The third-order valence-electron chi connectivity index (χ3n) is 5.87. The standard InChI is InChI=1S/C26H24N4O8/c1-17-6-2-3-7-23(17)37-11-5-4-10-28-22-14-19(8-9-24(22)38-16-25(28)31)27-26(32)18-12-20(29(33)34)15-21(13-18)30(35)36/h2-3,6-9,12-15H,4-5,10-11,16H2,1H3,(H,27,32). The molecule has 2 amide bonds. The number of aryl methyl sites for hydroxylation is 1. The third kappa shape index (κ3) is 6.03. The van der Waals surface area contributed by atoms with Crippen LogP contribution < -0.4 is 19.7 Å². The third-order valence-corrected chi connectivity index (χ3v) is 5.87. The Bertz CT molecular complexity index is 1380. The van der Waals surface area contributed by atoms with E-state index in [9.17, 15) is 29.8 Å². The van der Waals surface area contributed by atoms with Crippen LogP contribution in [0.3, 0.4) is 0 Å². The Hall–Kier alpha value is -5.00. The molecule has 0 aromatic heterocycles. The first-order valence-corrected chi connectivity index (χ1v) is 11.7. The molecule has 4 rings (SSSR count). The van der Waals surface area contributed by atoms with Gasteiger partial charge in [0.1, 0.15) is 11.5 Å². The fourth-order valence-corrected chi connectivity index (χ4v) is 3.94. The number of rotatable bonds is 10. The van der Waals surface area contributed by atoms with Gasteiger partial charge in [-0.1, -0.05) is 18.2 Å². The summed E-state index contributed by atoms with van der Waals surface area (Å²) in [4.78, 5) is 47.6. The lowest BCUT2D eigenvalue weighted by Crippen LogP contribution is -2.39. The number of para-hydroxylation sites is 1. The lowest BCUT2D eigenvalue weighted by atomic mass is 10.1. The topological polar surface area (TPSA) is 154 Å². The number of nitrogens with one attached hydrogen (secondary N) is 1. The average molecular weight is 520 g/mol. The molecular weight excluding hydrogens is 496 g/mol. The van der Waals surface area contributed by atoms with Crippen molar-refractivity contribution in [1.29, 1.82) is 0 Å². The molecule has 38 heavy (non-hydrogen) atoms. The zero-order valence-electron chi connectivity index (χ0n) is 20.4. The Morgan fingerprint density at radius 1 is 1.03 bits per heavy atom. The van der Waals surface area contributed by atoms with Gasteiger partial charge in [-0.2, -0.15) is 0 Å². The highest BCUT2D eigenvalue weighted by Crippen LogP contribution is 2.35. The minimum absolute atomic E-state index is 0.115. The molecule has 1 N–H and O–H groups in total. The van der Waals surface area contributed by atoms with E-state index >= 15 is 0 Å². The maximum atomic E-state index is 12.8. The summed E-state index contributed by atoms with van der Waals surface area (Å²) in [6.07, 6.45) is 1.36. The number of carbonyl (C=O) groups excluding carboxylic acids is 2. The van der Waals surface area contributed by atoms with E-state index in [2.05, 4.69) is 5.32 Å². The largest absolute Gasteiger partial charge is 0.493 e. The summed E-state index contributed by atoms with van der Waals surface area (Å²) in [5.74, 6) is 0.259. The number of unbranched alkanes of at least 4 members (excludes halogenated alkanes) is 1. The van der Waals surface area contributed by atoms with Gasteiger partial charge in [0.2, 0.25) is 0 Å². The summed E-state index contributed by atoms with van der Waals surface area (Å²) in [6, 6.07) is 15.1. The number of nitro benzene ring substituents is 2. The zero-order valence-corrected chi connectivity index (χ0v) is 20.4. The molecule has 0 saturated carbocycles. The molecule has 0 unspecified atom stereocenters. The van der Waals surface area contributed by atoms with E-state index < -0.39 is 27.1 Å². The smallest absolute Gasteiger partial charge is 0.277 e. The second-order valence-corrected chi connectivity index (χ2v) is 8.54. The normalized spacial score (nSPS) is 12.3. The predicted molar refractivity (Wildman–Crippen MR) is 138 cm³/mol. The van der Waals surface area contributed by atoms with Gasteiger partial charge < -0.3 is 19.7 Å². The average Bonchev–Trinajstić information content (AvgIpc) is 2.90. The van der Waals surface area contributed by atoms with Gasteiger partial charge in [-0.15, -0.1) is 0 Å². The summed E-state index contributed by atoms with van der Waals surface area (Å²) in [5.41, 5.74) is 0.385. The number of nitro groups is 2. The van der Waals surface area contributed by atoms with Crippen molar-refractivity contribution in [3.63, 3.8) is 0 Å². The first kappa shape index (κ1) is 26.1. The number of benzene rings is 3. The van der Waals surface area contributed by atoms with Crippen LogP contribution in [0.5, 0.6) is 11.5 Å². The van der Waals surface area contributed by atoms with E-state index in [1.54, 1.807) is 23.1 Å². The molecule has 3 aromatic rings. The number of carbonyl (C=O) groups is 2. The molecular formula is C26H24N4O8. The molecule has 196 valence electrons. The molecule has 1 aliphatic heterocycles. The summed E-state index contributed by atoms with van der Waals surface area (Å²) >= 11 is 0. The molecule has 0 bridgehead atoms. The Balaban J connectivity index is 1.44. The van der Waals surface area contributed by atoms with E-state index in [1.807, 2.05) is 31.2 Å². The van der Waals surface area contributed by atoms with E-state index in [4.69, 9.17) is 9.47 Å². The summed E-state index contributed by atoms with van der Waals surface area (Å²) in [7, 11) is 0. The lowest BCUT2D eigenvalue weighted by Gasteiger charge is -2.30. The Morgan fingerprint density at radius 2 is 1.74 bits per heavy atom. The molecule has 0 spiro atoms. The van der Waals surface area contributed by atoms with Gasteiger partial charge in [-0.25, -0.2) is 0 Å². The highest BCUT2D eigenvalue weighted by atomic mass is 16.6. The molecule has 0 aliphatic carbocycles. The maximum Gasteiger partial charge on any atom is 0.277 e. The Kier molecular flexibility index (Phi) is 7.80. The van der Waals surface area contributed by atoms with Crippen LogP contribution >= 0.6 is 0 Å². The molecule has 3 aromatic carbocycles. The second-order valence-electron chi connectivity index (χ2n) is 8.54. The molecule has 12 heteroatoms. The van der Waals surface area contributed by atoms with Crippen LogP contribution in [0.15, 0.2) is 60.7 Å². The number of ether oxygens (including phenoxy) is 2. The second kappa shape index (κ2) is 11.4. The van der Waals surface area contributed by atoms with Crippen molar-refractivity contribution < 1.29 is 28.9 Å². The number of fused-ring (bicyclic) bond motifs is 1. The minimum Gasteiger partial charge on any atom is -0.493 e. The van der Waals surface area contributed by atoms with Gasteiger partial charge in [-0.05, 0) is 49.6 Å². The fourth-order valence-electron chi connectivity index (χ4n) is 3.94. The van der Waals surface area contributed by atoms with E-state index in [0.717, 1.165) is 29.5 Å². The molecule has 0 saturated heterocycles. The quantitative estimate of drug-likeness (QED) is 0.230. The first-order valence-electron chi connectivity index (χ1n) is 11.7. The van der Waals surface area contributed by atoms with E-state index in [-0.39, 0.29) is 23.8 Å². The maximum absolute atomic E-state index is 12.8. The van der Waals surface area contributed by atoms with Crippen molar-refractivity contribution in [2.75, 3.05) is 30.0 Å². The molecule has 1 heterocycles. The van der Waals surface area contributed by atoms with Crippen LogP contribution in [0.2, 0.25) is 0 Å². The van der Waals surface area contributed by atoms with Crippen LogP contribution in [0.25, 0.3) is 0 Å². The van der Waals surface area contributed by atoms with Crippen LogP contribution in [0, 0.1) is 27.2 Å². The lowest BCUT2D eigenvalue weighted by molar-refractivity contribution is -0.394. The molecule has 1 aliphatic rings. The first-order chi connectivity index (χ1) is 18.2. The van der Waals surface area contributed by atoms with Gasteiger partial charge in [0.15, 0.2) is 6.61 Å². The molecule has 0 fully saturated rings. The van der Waals surface area contributed by atoms with Crippen molar-refractivity contribution in [2.45, 2.75) is 19.8 Å². The van der Waals surface area contributed by atoms with Crippen LogP contribution in [-0.2, 0) is 4.79 Å². The number of non-ortho nitro benzene ring substituents is 2. The van der Waals surface area contributed by atoms with E-state index in [1.165, 1.54) is 0 Å². The SMILES string of the molecule is Cc1ccccc1OCCCCN1C(=O)COc2ccc(NC(=O)c3cc([N+](=O)[O-])cc([N+](=O)[O-])c3)cc21. The number of nitrogens with zero attached hydrogens (tertiary/aromatic N) is 3. The van der Waals surface area contributed by atoms with Crippen LogP contribution in [0.1, 0.15) is 28.8 Å². The monoisotopic (exact) mass is 520 g/mol. The van der Waals surface area contributed by atoms with Crippen molar-refractivity contribution in [1.82, 2.24) is 0 Å². The number of hydrogen-bond donors (Lipinski definition) is 1. The zero-order chi connectivity index (χ0) is 27.2. The number of hydrogen-bond acceptors (Lipinski definition) is 8. The summed E-state index contributed by atoms with van der Waals surface area (Å²) in [6.45, 7) is 2.74. The van der Waals surface area contributed by atoms with Gasteiger partial charge >= 0.3 is 0 Å². The summed E-state index contributed by atoms with van der Waals surface area (Å²) in [5, 5.41) is 24.9. The Labute approximate surface area is 217 Å². The van der Waals surface area contributed by atoms with Crippen molar-refractivity contribution in [2.24, 2.45) is 0 Å². The van der Waals surface area contributed by atoms with Crippen LogP contribution in [0.4, 0.5) is 22.7 Å². The van der Waals surface area contributed by atoms with E-state index in [0.29, 0.717) is 37.4 Å². The highest BCUT2D eigenvalue weighted by molar-refractivity contribution is 6.06. The molecule has 0 radical (unpaired) electrons. The van der Waals surface area contributed by atoms with Crippen molar-refractivity contribution in [3.05, 3.63) is 92.0 Å². The minimum atomic E-state index is -0.810. The molecule has 12 nitrogen and oxygen atoms in total. The van der Waals surface area contributed by atoms with Gasteiger partial charge in [0.25, 0.3) is 23.2 Å². The highest BCUT2D eigenvalue weighted by Gasteiger charge is 2.26. The fraction of sp³-hybridized carbons (Fsp3) is 0.231. The Morgan fingerprint density at radius 3 is 2.42 bits per heavy atom. The van der Waals surface area contributed by atoms with Gasteiger partial charge in [-0.3, -0.25) is 29.8 Å². The van der Waals surface area contributed by atoms with Crippen molar-refractivity contribution in [3.8, 4) is 11.5 Å². The van der Waals surface area contributed by atoms with Gasteiger partial charge in [0.05, 0.1) is 33.8 Å². The summed E-state index contributed by atoms with van der Waals surface area (Å²) < 4.78 is 11.3.